The van der Waals surface area contributed by atoms with Gasteiger partial charge in [0, 0.05) is 6.07 Å². The van der Waals surface area contributed by atoms with Crippen LogP contribution < -0.4 is 4.74 Å². The van der Waals surface area contributed by atoms with Crippen molar-refractivity contribution in [2.24, 2.45) is 0 Å². The SMILES string of the molecule is CC(C)(C)OC(=O)N1CC(Oc2cc(C(=O)O)cc(-c3cc(F)cc(F)c3)c2)C1. The molecule has 0 spiro atoms. The van der Waals surface area contributed by atoms with Crippen LogP contribution in [-0.4, -0.2) is 46.9 Å². The number of likely N-dealkylation sites (tertiary alicyclic amines) is 1. The average molecular weight is 405 g/mol. The van der Waals surface area contributed by atoms with Crippen molar-refractivity contribution < 1.29 is 33.0 Å². The van der Waals surface area contributed by atoms with Crippen LogP contribution in [0.25, 0.3) is 11.1 Å². The number of ether oxygens (including phenoxy) is 2. The number of benzene rings is 2. The highest BCUT2D eigenvalue weighted by Crippen LogP contribution is 2.29. The summed E-state index contributed by atoms with van der Waals surface area (Å²) in [5.74, 6) is -2.50. The molecule has 0 bridgehead atoms. The molecule has 0 saturated carbocycles. The van der Waals surface area contributed by atoms with Crippen LogP contribution in [0.5, 0.6) is 5.75 Å². The van der Waals surface area contributed by atoms with Gasteiger partial charge in [-0.2, -0.15) is 0 Å². The zero-order chi connectivity index (χ0) is 21.3. The lowest BCUT2D eigenvalue weighted by Gasteiger charge is -2.39. The van der Waals surface area contributed by atoms with Gasteiger partial charge in [-0.25, -0.2) is 18.4 Å². The average Bonchev–Trinajstić information content (AvgIpc) is 2.54. The second-order valence-electron chi connectivity index (χ2n) is 7.83. The topological polar surface area (TPSA) is 76.1 Å². The van der Waals surface area contributed by atoms with Crippen LogP contribution in [0.2, 0.25) is 0 Å². The van der Waals surface area contributed by atoms with Crippen molar-refractivity contribution >= 4 is 12.1 Å². The van der Waals surface area contributed by atoms with E-state index in [1.54, 1.807) is 20.8 Å². The first kappa shape index (κ1) is 20.6. The van der Waals surface area contributed by atoms with E-state index in [1.165, 1.54) is 23.1 Å². The van der Waals surface area contributed by atoms with Crippen molar-refractivity contribution in [1.29, 1.82) is 0 Å². The maximum atomic E-state index is 13.5. The minimum Gasteiger partial charge on any atom is -0.487 e. The van der Waals surface area contributed by atoms with Crippen molar-refractivity contribution in [3.05, 3.63) is 53.6 Å². The van der Waals surface area contributed by atoms with E-state index in [1.807, 2.05) is 0 Å². The predicted molar refractivity (Wildman–Crippen MR) is 101 cm³/mol. The number of aromatic carboxylic acids is 1. The molecule has 0 aromatic heterocycles. The van der Waals surface area contributed by atoms with Gasteiger partial charge < -0.3 is 19.5 Å². The molecular weight excluding hydrogens is 384 g/mol. The first-order chi connectivity index (χ1) is 13.5. The summed E-state index contributed by atoms with van der Waals surface area (Å²) >= 11 is 0. The maximum Gasteiger partial charge on any atom is 0.410 e. The lowest BCUT2D eigenvalue weighted by Crippen LogP contribution is -2.57. The van der Waals surface area contributed by atoms with Gasteiger partial charge in [0.2, 0.25) is 0 Å². The Labute approximate surface area is 166 Å². The lowest BCUT2D eigenvalue weighted by atomic mass is 10.0. The number of carbonyl (C=O) groups excluding carboxylic acids is 1. The molecular formula is C21H21F2NO5. The first-order valence-electron chi connectivity index (χ1n) is 8.99. The summed E-state index contributed by atoms with van der Waals surface area (Å²) in [4.78, 5) is 24.9. The summed E-state index contributed by atoms with van der Waals surface area (Å²) in [7, 11) is 0. The molecule has 2 aromatic carbocycles. The molecule has 0 aliphatic carbocycles. The quantitative estimate of drug-likeness (QED) is 0.820. The molecule has 0 unspecified atom stereocenters. The Hall–Kier alpha value is -3.16. The molecule has 1 aliphatic rings. The summed E-state index contributed by atoms with van der Waals surface area (Å²) < 4.78 is 38.1. The number of hydrogen-bond acceptors (Lipinski definition) is 4. The summed E-state index contributed by atoms with van der Waals surface area (Å²) in [5.41, 5.74) is -0.180. The molecule has 1 aliphatic heterocycles. The van der Waals surface area contributed by atoms with Crippen LogP contribution in [0.3, 0.4) is 0 Å². The van der Waals surface area contributed by atoms with Gasteiger partial charge in [0.15, 0.2) is 0 Å². The summed E-state index contributed by atoms with van der Waals surface area (Å²) in [6.07, 6.45) is -0.795. The highest BCUT2D eigenvalue weighted by molar-refractivity contribution is 5.90. The summed E-state index contributed by atoms with van der Waals surface area (Å²) in [5, 5.41) is 9.34. The van der Waals surface area contributed by atoms with Crippen LogP contribution in [0.4, 0.5) is 13.6 Å². The van der Waals surface area contributed by atoms with Gasteiger partial charge in [0.1, 0.15) is 29.1 Å². The monoisotopic (exact) mass is 405 g/mol. The van der Waals surface area contributed by atoms with E-state index in [-0.39, 0.29) is 36.1 Å². The van der Waals surface area contributed by atoms with Gasteiger partial charge >= 0.3 is 12.1 Å². The van der Waals surface area contributed by atoms with Gasteiger partial charge in [-0.05, 0) is 62.2 Å². The molecule has 29 heavy (non-hydrogen) atoms. The molecule has 8 heteroatoms. The summed E-state index contributed by atoms with van der Waals surface area (Å²) in [6, 6.07) is 7.12. The Morgan fingerprint density at radius 3 is 2.14 bits per heavy atom. The van der Waals surface area contributed by atoms with Crippen molar-refractivity contribution in [2.75, 3.05) is 13.1 Å². The molecule has 1 saturated heterocycles. The molecule has 0 atom stereocenters. The molecule has 1 N–H and O–H groups in total. The van der Waals surface area contributed by atoms with Gasteiger partial charge in [0.05, 0.1) is 18.7 Å². The van der Waals surface area contributed by atoms with Crippen LogP contribution >= 0.6 is 0 Å². The molecule has 1 fully saturated rings. The summed E-state index contributed by atoms with van der Waals surface area (Å²) in [6.45, 7) is 5.89. The molecule has 6 nitrogen and oxygen atoms in total. The fraction of sp³-hybridized carbons (Fsp3) is 0.333. The number of carbonyl (C=O) groups is 2. The Kier molecular flexibility index (Phi) is 5.46. The minimum atomic E-state index is -1.20. The third-order valence-electron chi connectivity index (χ3n) is 4.15. The maximum absolute atomic E-state index is 13.5. The number of carboxylic acids is 1. The zero-order valence-electron chi connectivity index (χ0n) is 16.2. The molecule has 2 aromatic rings. The fourth-order valence-electron chi connectivity index (χ4n) is 2.86. The van der Waals surface area contributed by atoms with Crippen LogP contribution in [0.1, 0.15) is 31.1 Å². The van der Waals surface area contributed by atoms with E-state index >= 15 is 0 Å². The van der Waals surface area contributed by atoms with Gasteiger partial charge in [0.25, 0.3) is 0 Å². The third kappa shape index (κ3) is 5.22. The highest BCUT2D eigenvalue weighted by atomic mass is 19.1. The number of halogens is 2. The van der Waals surface area contributed by atoms with Crippen molar-refractivity contribution in [1.82, 2.24) is 4.90 Å². The third-order valence-corrected chi connectivity index (χ3v) is 4.15. The second kappa shape index (κ2) is 7.69. The van der Waals surface area contributed by atoms with Gasteiger partial charge in [-0.1, -0.05) is 0 Å². The van der Waals surface area contributed by atoms with Crippen LogP contribution in [0.15, 0.2) is 36.4 Å². The van der Waals surface area contributed by atoms with Gasteiger partial charge in [-0.3, -0.25) is 0 Å². The second-order valence-corrected chi connectivity index (χ2v) is 7.83. The van der Waals surface area contributed by atoms with Crippen LogP contribution in [-0.2, 0) is 4.74 Å². The van der Waals surface area contributed by atoms with Gasteiger partial charge in [-0.15, -0.1) is 0 Å². The number of hydrogen-bond donors (Lipinski definition) is 1. The van der Waals surface area contributed by atoms with E-state index in [9.17, 15) is 23.5 Å². The first-order valence-corrected chi connectivity index (χ1v) is 8.99. The normalized spacial score (nSPS) is 14.3. The van der Waals surface area contributed by atoms with E-state index in [0.717, 1.165) is 18.2 Å². The van der Waals surface area contributed by atoms with Crippen molar-refractivity contribution in [3.63, 3.8) is 0 Å². The minimum absolute atomic E-state index is 0.0782. The Balaban J connectivity index is 1.76. The molecule has 3 rings (SSSR count). The van der Waals surface area contributed by atoms with Crippen LogP contribution in [0, 0.1) is 11.6 Å². The molecule has 1 amide bonds. The smallest absolute Gasteiger partial charge is 0.410 e. The Morgan fingerprint density at radius 1 is 1.00 bits per heavy atom. The molecule has 154 valence electrons. The van der Waals surface area contributed by atoms with E-state index in [0.29, 0.717) is 5.56 Å². The number of rotatable bonds is 4. The zero-order valence-corrected chi connectivity index (χ0v) is 16.2. The Bertz CT molecular complexity index is 928. The number of carboxylic acid groups (broad SMARTS) is 1. The van der Waals surface area contributed by atoms with E-state index in [2.05, 4.69) is 0 Å². The largest absolute Gasteiger partial charge is 0.487 e. The molecule has 1 heterocycles. The standard InChI is InChI=1S/C21H21F2NO5/c1-21(2,3)29-20(27)24-10-18(11-24)28-17-7-12(4-14(8-17)19(25)26)13-5-15(22)9-16(23)6-13/h4-9,18H,10-11H2,1-3H3,(H,25,26). The number of amides is 1. The highest BCUT2D eigenvalue weighted by Gasteiger charge is 2.35. The van der Waals surface area contributed by atoms with E-state index < -0.39 is 29.3 Å². The van der Waals surface area contributed by atoms with Crippen molar-refractivity contribution in [2.45, 2.75) is 32.5 Å². The predicted octanol–water partition coefficient (Wildman–Crippen LogP) is 4.33. The van der Waals surface area contributed by atoms with E-state index in [4.69, 9.17) is 9.47 Å². The lowest BCUT2D eigenvalue weighted by molar-refractivity contribution is -0.0221. The molecule has 0 radical (unpaired) electrons. The fourth-order valence-corrected chi connectivity index (χ4v) is 2.86. The van der Waals surface area contributed by atoms with Crippen molar-refractivity contribution in [3.8, 4) is 16.9 Å². The Morgan fingerprint density at radius 2 is 1.59 bits per heavy atom. The number of nitrogens with zero attached hydrogens (tertiary/aromatic N) is 1.